The highest BCUT2D eigenvalue weighted by molar-refractivity contribution is 6.10. The highest BCUT2D eigenvalue weighted by Gasteiger charge is 2.58. The first-order chi connectivity index (χ1) is 50.7. The van der Waals surface area contributed by atoms with Gasteiger partial charge in [0.05, 0.1) is 43.1 Å². The van der Waals surface area contributed by atoms with Crippen LogP contribution in [0.5, 0.6) is 0 Å². The van der Waals surface area contributed by atoms with E-state index in [9.17, 15) is 56.7 Å². The minimum Gasteiger partial charge on any atom is -0.465 e. The zero-order chi connectivity index (χ0) is 74.8. The Hall–Kier alpha value is -10.7. The number of nitrogens with zero attached hydrogens (tertiary/aromatic N) is 9. The van der Waals surface area contributed by atoms with Crippen molar-refractivity contribution in [3.63, 3.8) is 0 Å². The van der Waals surface area contributed by atoms with Crippen molar-refractivity contribution in [2.45, 2.75) is 140 Å². The number of halogens is 2. The van der Waals surface area contributed by atoms with Gasteiger partial charge in [-0.25, -0.2) is 42.8 Å². The number of likely N-dealkylation sites (N-methyl/N-ethyl adjacent to an activating group) is 2. The molecule has 6 saturated heterocycles. The van der Waals surface area contributed by atoms with Crippen LogP contribution in [-0.4, -0.2) is 189 Å². The molecule has 6 N–H and O–H groups in total. The van der Waals surface area contributed by atoms with E-state index in [1.54, 1.807) is 101 Å². The number of rotatable bonds is 20. The lowest BCUT2D eigenvalue weighted by atomic mass is 9.82. The number of amides is 11. The lowest BCUT2D eigenvalue weighted by molar-refractivity contribution is -0.170. The number of imide groups is 3. The van der Waals surface area contributed by atoms with Crippen molar-refractivity contribution in [2.75, 3.05) is 78.0 Å². The van der Waals surface area contributed by atoms with Crippen molar-refractivity contribution in [3.8, 4) is 0 Å². The van der Waals surface area contributed by atoms with Gasteiger partial charge in [-0.05, 0) is 165 Å². The molecule has 6 aliphatic heterocycles. The van der Waals surface area contributed by atoms with Crippen LogP contribution in [0, 0.1) is 29.4 Å². The third-order valence-electron chi connectivity index (χ3n) is 20.4. The van der Waals surface area contributed by atoms with E-state index in [1.165, 1.54) is 38.4 Å². The van der Waals surface area contributed by atoms with Crippen molar-refractivity contribution >= 4 is 71.2 Å². The first kappa shape index (κ1) is 76.9. The van der Waals surface area contributed by atoms with Gasteiger partial charge in [0, 0.05) is 89.7 Å². The van der Waals surface area contributed by atoms with Crippen LogP contribution in [0.4, 0.5) is 34.8 Å². The molecule has 3 aromatic carbocycles. The van der Waals surface area contributed by atoms with E-state index in [0.29, 0.717) is 76.0 Å². The molecule has 6 aromatic rings. The Kier molecular flexibility index (Phi) is 26.5. The maximum Gasteiger partial charge on any atom is 0.330 e. The summed E-state index contributed by atoms with van der Waals surface area (Å²) in [5.74, 6) is -4.48. The number of anilines is 2. The second-order valence-electron chi connectivity index (χ2n) is 27.4. The number of benzene rings is 3. The number of urea groups is 3. The molecule has 6 aliphatic rings. The number of hydrogen-bond donors (Lipinski definition) is 4. The summed E-state index contributed by atoms with van der Waals surface area (Å²) in [4.78, 5) is 150. The molecule has 105 heavy (non-hydrogen) atoms. The average Bonchev–Trinajstić information content (AvgIpc) is 0.755. The lowest BCUT2D eigenvalue weighted by Gasteiger charge is -2.47. The summed E-state index contributed by atoms with van der Waals surface area (Å²) in [7, 11) is 2.97. The summed E-state index contributed by atoms with van der Waals surface area (Å²) in [5.41, 5.74) is 17.4. The van der Waals surface area contributed by atoms with Gasteiger partial charge in [0.2, 0.25) is 29.5 Å². The summed E-state index contributed by atoms with van der Waals surface area (Å²) in [6, 6.07) is 28.8. The Labute approximate surface area is 609 Å². The summed E-state index contributed by atoms with van der Waals surface area (Å²) < 4.78 is 37.2. The number of β-lactam (4-membered cyclic amide) rings is 3. The standard InChI is InChI=1S/C32H41N3O6.2C23H26FN5O3/c1-3-5-6-10-18-41-28(36)21-26-19-23(15-16-33-26)20-27-29(31(38)40-4-2)35(30(27)37)32(39)34-17-11-14-25(22-34)24-12-8-7-9-13-24;2*1-26-21(30)20-18(11-14-8-9-27-19(25)12-14)22(31)29(20)23(32)28-10-2-3-16(13-28)15-4-6-17(24)7-5-15/h7-9,12-13,15-16,19,25,27,29H,3-6,10-11,14,17-18,20-22H2,1-2H3;2*4-9,12,16,18,20H,2-3,10-11,13H2,1H3,(H2,25,27)(H,26,30)/t25-,27-,29+;16-,18+,20-;16-,18-,20+/m101/s1. The third kappa shape index (κ3) is 18.8. The Morgan fingerprint density at radius 3 is 1.30 bits per heavy atom. The minimum atomic E-state index is -0.989. The molecular formula is C78H93F2N13O12. The van der Waals surface area contributed by atoms with Crippen LogP contribution in [0.3, 0.4) is 0 Å². The van der Waals surface area contributed by atoms with E-state index < -0.39 is 59.9 Å². The van der Waals surface area contributed by atoms with Gasteiger partial charge in [0.15, 0.2) is 6.04 Å². The molecule has 3 aromatic heterocycles. The topological polar surface area (TPSA) is 323 Å². The van der Waals surface area contributed by atoms with Crippen molar-refractivity contribution in [2.24, 2.45) is 17.8 Å². The quantitative estimate of drug-likeness (QED) is 0.0316. The summed E-state index contributed by atoms with van der Waals surface area (Å²) in [5, 5.41) is 5.13. The van der Waals surface area contributed by atoms with E-state index in [-0.39, 0.29) is 84.3 Å². The van der Waals surface area contributed by atoms with E-state index >= 15 is 0 Å². The smallest absolute Gasteiger partial charge is 0.330 e. The van der Waals surface area contributed by atoms with E-state index in [4.69, 9.17) is 20.9 Å². The number of piperidine rings is 3. The number of carbonyl (C=O) groups is 10. The summed E-state index contributed by atoms with van der Waals surface area (Å²) in [6.07, 6.45) is 14.7. The maximum atomic E-state index is 13.6. The van der Waals surface area contributed by atoms with Crippen molar-refractivity contribution in [1.29, 1.82) is 0 Å². The number of nitrogen functional groups attached to an aromatic ring is 2. The number of nitrogens with one attached hydrogen (secondary N) is 2. The van der Waals surface area contributed by atoms with Gasteiger partial charge in [-0.2, -0.15) is 0 Å². The van der Waals surface area contributed by atoms with Gasteiger partial charge >= 0.3 is 30.0 Å². The van der Waals surface area contributed by atoms with Crippen molar-refractivity contribution in [3.05, 3.63) is 185 Å². The number of carbonyl (C=O) groups excluding carboxylic acids is 10. The molecule has 0 bridgehead atoms. The number of esters is 2. The van der Waals surface area contributed by atoms with Crippen molar-refractivity contribution < 1.29 is 66.2 Å². The fourth-order valence-electron chi connectivity index (χ4n) is 14.9. The first-order valence-electron chi connectivity index (χ1n) is 36.2. The highest BCUT2D eigenvalue weighted by atomic mass is 19.1. The maximum absolute atomic E-state index is 13.6. The van der Waals surface area contributed by atoms with Crippen LogP contribution < -0.4 is 22.1 Å². The molecule has 12 rings (SSSR count). The van der Waals surface area contributed by atoms with E-state index in [2.05, 4.69) is 44.6 Å². The second kappa shape index (κ2) is 36.1. The van der Waals surface area contributed by atoms with Crippen LogP contribution in [0.2, 0.25) is 0 Å². The SMILES string of the molecule is CCCCCCOC(=O)Cc1cc(C[C@H]2C(=O)N(C(=O)N3CCC[C@@H](c4ccccc4)C3)[C@@H]2C(=O)OCC)ccn1.CNC(=O)[C@@H]1[C@@H](Cc2ccnc(N)c2)C(=O)N1C(=O)N1CCC[C@@H](c2ccc(F)cc2)C1.CNC(=O)[C@@H]1[C@@H](Cc2ccnc(N)c2)C(=O)N1C(=O)N1CCC[C@H](c2ccc(F)cc2)C1. The van der Waals surface area contributed by atoms with E-state index in [1.807, 2.05) is 18.2 Å². The Balaban J connectivity index is 0.000000171. The molecule has 0 radical (unpaired) electrons. The summed E-state index contributed by atoms with van der Waals surface area (Å²) in [6.45, 7) is 7.25. The van der Waals surface area contributed by atoms with Gasteiger partial charge < -0.3 is 46.3 Å². The van der Waals surface area contributed by atoms with Crippen LogP contribution >= 0.6 is 0 Å². The van der Waals surface area contributed by atoms with Crippen LogP contribution in [0.1, 0.15) is 135 Å². The molecule has 25 nitrogen and oxygen atoms in total. The van der Waals surface area contributed by atoms with Crippen molar-refractivity contribution in [1.82, 2.24) is 55.0 Å². The van der Waals surface area contributed by atoms with Crippen LogP contribution in [0.15, 0.2) is 134 Å². The second-order valence-corrected chi connectivity index (χ2v) is 27.4. The first-order valence-corrected chi connectivity index (χ1v) is 36.2. The Bertz CT molecular complexity index is 3920. The number of hydrogen-bond acceptors (Lipinski definition) is 17. The number of pyridine rings is 3. The van der Waals surface area contributed by atoms with Gasteiger partial charge in [0.25, 0.3) is 0 Å². The molecule has 11 amide bonds. The van der Waals surface area contributed by atoms with Crippen LogP contribution in [0.25, 0.3) is 0 Å². The highest BCUT2D eigenvalue weighted by Crippen LogP contribution is 2.39. The predicted octanol–water partition coefficient (Wildman–Crippen LogP) is 8.52. The third-order valence-corrected chi connectivity index (χ3v) is 20.4. The van der Waals surface area contributed by atoms with Gasteiger partial charge in [-0.15, -0.1) is 0 Å². The Morgan fingerprint density at radius 2 is 0.895 bits per heavy atom. The molecule has 27 heteroatoms. The molecule has 0 unspecified atom stereocenters. The van der Waals surface area contributed by atoms with E-state index in [0.717, 1.165) is 112 Å². The molecule has 556 valence electrons. The Morgan fingerprint density at radius 1 is 0.495 bits per heavy atom. The molecular weight excluding hydrogens is 1350 g/mol. The van der Waals surface area contributed by atoms with Gasteiger partial charge in [0.1, 0.15) is 35.4 Å². The number of unbranched alkanes of at least 4 members (excludes halogenated alkanes) is 3. The molecule has 0 saturated carbocycles. The zero-order valence-electron chi connectivity index (χ0n) is 59.8. The molecule has 0 aliphatic carbocycles. The molecule has 6 fully saturated rings. The average molecular weight is 1440 g/mol. The summed E-state index contributed by atoms with van der Waals surface area (Å²) >= 11 is 0. The minimum absolute atomic E-state index is 0.0314. The predicted molar refractivity (Wildman–Crippen MR) is 385 cm³/mol. The number of likely N-dealkylation sites (tertiary alicyclic amines) is 6. The monoisotopic (exact) mass is 1440 g/mol. The molecule has 9 atom stereocenters. The fourth-order valence-corrected chi connectivity index (χ4v) is 14.9. The largest absolute Gasteiger partial charge is 0.465 e. The number of ether oxygens (including phenoxy) is 2. The number of nitrogens with two attached hydrogens (primary N) is 2. The van der Waals surface area contributed by atoms with Gasteiger partial charge in [-0.3, -0.25) is 43.6 Å². The fraction of sp³-hybridized carbons (Fsp3) is 0.449. The lowest BCUT2D eigenvalue weighted by Crippen LogP contribution is -2.70. The van der Waals surface area contributed by atoms with Crippen LogP contribution in [-0.2, 0) is 68.7 Å². The van der Waals surface area contributed by atoms with Gasteiger partial charge in [-0.1, -0.05) is 80.8 Å². The molecule has 9 heterocycles. The number of aromatic nitrogens is 3. The zero-order valence-corrected chi connectivity index (χ0v) is 59.8. The molecule has 0 spiro atoms. The normalized spacial score (nSPS) is 21.9.